The third-order valence-electron chi connectivity index (χ3n) is 4.74. The number of hydrogen-bond acceptors (Lipinski definition) is 5. The third kappa shape index (κ3) is 3.14. The maximum atomic E-state index is 13.8. The molecule has 0 saturated carbocycles. The van der Waals surface area contributed by atoms with E-state index in [0.717, 1.165) is 33.6 Å². The van der Waals surface area contributed by atoms with Gasteiger partial charge in [0.05, 0.1) is 11.4 Å². The van der Waals surface area contributed by atoms with Crippen LogP contribution >= 0.6 is 11.3 Å². The Kier molecular flexibility index (Phi) is 4.32. The molecule has 0 radical (unpaired) electrons. The summed E-state index contributed by atoms with van der Waals surface area (Å²) >= 11 is 1.63. The van der Waals surface area contributed by atoms with Crippen molar-refractivity contribution in [2.24, 2.45) is 0 Å². The van der Waals surface area contributed by atoms with Crippen molar-refractivity contribution in [3.63, 3.8) is 0 Å². The fraction of sp³-hybridized carbons (Fsp3) is 0.316. The number of benzene rings is 1. The Balaban J connectivity index is 1.73. The lowest BCUT2D eigenvalue weighted by molar-refractivity contribution is -0.129. The second kappa shape index (κ2) is 6.64. The van der Waals surface area contributed by atoms with E-state index < -0.39 is 0 Å². The quantitative estimate of drug-likeness (QED) is 0.739. The van der Waals surface area contributed by atoms with Crippen molar-refractivity contribution in [2.75, 3.05) is 11.9 Å². The van der Waals surface area contributed by atoms with E-state index >= 15 is 0 Å². The molecule has 26 heavy (non-hydrogen) atoms. The van der Waals surface area contributed by atoms with Gasteiger partial charge < -0.3 is 10.2 Å². The van der Waals surface area contributed by atoms with Gasteiger partial charge in [0.2, 0.25) is 5.91 Å². The van der Waals surface area contributed by atoms with Crippen molar-refractivity contribution in [3.8, 4) is 0 Å². The van der Waals surface area contributed by atoms with Crippen molar-refractivity contribution in [1.82, 2.24) is 14.9 Å². The highest BCUT2D eigenvalue weighted by Gasteiger charge is 2.25. The molecule has 134 valence electrons. The topological polar surface area (TPSA) is 58.1 Å². The minimum atomic E-state index is -0.286. The first-order valence-corrected chi connectivity index (χ1v) is 9.34. The SMILES string of the molecule is CC(=O)N1CCC(Nc2ncnc3sc(C)cc23)c2ccc(F)cc2C1. The number of anilines is 1. The third-order valence-corrected chi connectivity index (χ3v) is 5.70. The fourth-order valence-corrected chi connectivity index (χ4v) is 4.30. The molecule has 1 aliphatic heterocycles. The van der Waals surface area contributed by atoms with E-state index in [1.165, 1.54) is 17.0 Å². The number of halogens is 1. The van der Waals surface area contributed by atoms with Crippen LogP contribution in [0.1, 0.15) is 35.4 Å². The molecule has 1 N–H and O–H groups in total. The lowest BCUT2D eigenvalue weighted by Gasteiger charge is -2.20. The maximum absolute atomic E-state index is 13.8. The van der Waals surface area contributed by atoms with Crippen molar-refractivity contribution in [3.05, 3.63) is 52.4 Å². The summed E-state index contributed by atoms with van der Waals surface area (Å²) in [7, 11) is 0. The molecule has 3 aromatic rings. The summed E-state index contributed by atoms with van der Waals surface area (Å²) < 4.78 is 13.8. The van der Waals surface area contributed by atoms with Gasteiger partial charge >= 0.3 is 0 Å². The average Bonchev–Trinajstić information content (AvgIpc) is 2.89. The van der Waals surface area contributed by atoms with Crippen molar-refractivity contribution in [2.45, 2.75) is 32.9 Å². The predicted molar refractivity (Wildman–Crippen MR) is 101 cm³/mol. The first-order chi connectivity index (χ1) is 12.5. The van der Waals surface area contributed by atoms with E-state index in [1.54, 1.807) is 29.5 Å². The largest absolute Gasteiger partial charge is 0.363 e. The smallest absolute Gasteiger partial charge is 0.219 e. The highest BCUT2D eigenvalue weighted by Crippen LogP contribution is 2.33. The molecule has 0 bridgehead atoms. The van der Waals surface area contributed by atoms with Crippen LogP contribution in [0.2, 0.25) is 0 Å². The molecule has 0 saturated heterocycles. The summed E-state index contributed by atoms with van der Waals surface area (Å²) in [6.45, 7) is 4.64. The van der Waals surface area contributed by atoms with E-state index in [0.29, 0.717) is 13.1 Å². The number of nitrogens with one attached hydrogen (secondary N) is 1. The molecule has 1 aliphatic rings. The van der Waals surface area contributed by atoms with Gasteiger partial charge in [-0.15, -0.1) is 11.3 Å². The first-order valence-electron chi connectivity index (χ1n) is 8.53. The Morgan fingerprint density at radius 3 is 3.00 bits per heavy atom. The number of aryl methyl sites for hydroxylation is 1. The summed E-state index contributed by atoms with van der Waals surface area (Å²) in [4.78, 5) is 24.5. The molecular weight excluding hydrogens is 351 g/mol. The lowest BCUT2D eigenvalue weighted by Crippen LogP contribution is -2.28. The lowest BCUT2D eigenvalue weighted by atomic mass is 9.99. The van der Waals surface area contributed by atoms with Gasteiger partial charge in [0.15, 0.2) is 0 Å². The summed E-state index contributed by atoms with van der Waals surface area (Å²) in [6.07, 6.45) is 2.29. The zero-order valence-corrected chi connectivity index (χ0v) is 15.4. The van der Waals surface area contributed by atoms with Crippen molar-refractivity contribution in [1.29, 1.82) is 0 Å². The molecule has 0 aliphatic carbocycles. The highest BCUT2D eigenvalue weighted by molar-refractivity contribution is 7.18. The first kappa shape index (κ1) is 16.9. The number of nitrogens with zero attached hydrogens (tertiary/aromatic N) is 3. The summed E-state index contributed by atoms with van der Waals surface area (Å²) in [5.74, 6) is 0.487. The monoisotopic (exact) mass is 370 g/mol. The minimum absolute atomic E-state index is 0.00116. The van der Waals surface area contributed by atoms with E-state index in [9.17, 15) is 9.18 Å². The standard InChI is InChI=1S/C19H19FN4OS/c1-11-7-16-18(21-10-22-19(16)26-11)23-17-5-6-24(12(2)25)9-13-8-14(20)3-4-15(13)17/h3-4,7-8,10,17H,5-6,9H2,1-2H3,(H,21,22,23). The van der Waals surface area contributed by atoms with E-state index in [-0.39, 0.29) is 17.8 Å². The Morgan fingerprint density at radius 2 is 2.19 bits per heavy atom. The predicted octanol–water partition coefficient (Wildman–Crippen LogP) is 4.04. The van der Waals surface area contributed by atoms with E-state index in [1.807, 2.05) is 13.0 Å². The van der Waals surface area contributed by atoms with Gasteiger partial charge in [-0.2, -0.15) is 0 Å². The molecule has 4 rings (SSSR count). The number of carbonyl (C=O) groups excluding carboxylic acids is 1. The molecule has 3 heterocycles. The molecule has 1 aromatic carbocycles. The van der Waals surface area contributed by atoms with Gasteiger partial charge in [0.25, 0.3) is 0 Å². The zero-order valence-electron chi connectivity index (χ0n) is 14.6. The van der Waals surface area contributed by atoms with Gasteiger partial charge in [-0.3, -0.25) is 4.79 Å². The van der Waals surface area contributed by atoms with E-state index in [2.05, 4.69) is 21.4 Å². The number of fused-ring (bicyclic) bond motifs is 2. The number of amides is 1. The fourth-order valence-electron chi connectivity index (χ4n) is 3.45. The molecular formula is C19H19FN4OS. The second-order valence-corrected chi connectivity index (χ2v) is 7.80. The van der Waals surface area contributed by atoms with Gasteiger partial charge in [-0.1, -0.05) is 6.07 Å². The summed E-state index contributed by atoms with van der Waals surface area (Å²) in [5.41, 5.74) is 1.84. The van der Waals surface area contributed by atoms with Crippen LogP contribution in [0.3, 0.4) is 0 Å². The van der Waals surface area contributed by atoms with Crippen LogP contribution in [0, 0.1) is 12.7 Å². The van der Waals surface area contributed by atoms with Crippen LogP contribution in [0.5, 0.6) is 0 Å². The molecule has 1 amide bonds. The molecule has 0 spiro atoms. The number of hydrogen-bond donors (Lipinski definition) is 1. The van der Waals surface area contributed by atoms with Crippen molar-refractivity contribution < 1.29 is 9.18 Å². The Morgan fingerprint density at radius 1 is 1.35 bits per heavy atom. The normalized spacial score (nSPS) is 17.0. The molecule has 1 unspecified atom stereocenters. The highest BCUT2D eigenvalue weighted by atomic mass is 32.1. The van der Waals surface area contributed by atoms with Gasteiger partial charge in [-0.05, 0) is 42.7 Å². The number of thiophene rings is 1. The number of aromatic nitrogens is 2. The van der Waals surface area contributed by atoms with Crippen LogP contribution < -0.4 is 5.32 Å². The summed E-state index contributed by atoms with van der Waals surface area (Å²) in [6, 6.07) is 6.83. The van der Waals surface area contributed by atoms with Crippen molar-refractivity contribution >= 4 is 33.3 Å². The van der Waals surface area contributed by atoms with Gasteiger partial charge in [0, 0.05) is 24.9 Å². The van der Waals surface area contributed by atoms with Crippen LogP contribution in [0.25, 0.3) is 10.2 Å². The maximum Gasteiger partial charge on any atom is 0.219 e. The Labute approximate surface area is 154 Å². The van der Waals surface area contributed by atoms with Gasteiger partial charge in [0.1, 0.15) is 22.8 Å². The summed E-state index contributed by atoms with van der Waals surface area (Å²) in [5, 5.41) is 4.50. The van der Waals surface area contributed by atoms with Crippen LogP contribution in [-0.4, -0.2) is 27.3 Å². The van der Waals surface area contributed by atoms with Crippen LogP contribution in [0.15, 0.2) is 30.6 Å². The number of carbonyl (C=O) groups is 1. The number of rotatable bonds is 2. The minimum Gasteiger partial charge on any atom is -0.363 e. The van der Waals surface area contributed by atoms with Crippen LogP contribution in [0.4, 0.5) is 10.2 Å². The molecule has 2 aromatic heterocycles. The Bertz CT molecular complexity index is 987. The zero-order chi connectivity index (χ0) is 18.3. The van der Waals surface area contributed by atoms with Crippen LogP contribution in [-0.2, 0) is 11.3 Å². The average molecular weight is 370 g/mol. The second-order valence-electron chi connectivity index (χ2n) is 6.57. The molecule has 5 nitrogen and oxygen atoms in total. The Hall–Kier alpha value is -2.54. The molecule has 1 atom stereocenters. The van der Waals surface area contributed by atoms with E-state index in [4.69, 9.17) is 0 Å². The molecule has 0 fully saturated rings. The van der Waals surface area contributed by atoms with Gasteiger partial charge in [-0.25, -0.2) is 14.4 Å². The molecule has 7 heteroatoms.